The summed E-state index contributed by atoms with van der Waals surface area (Å²) in [6.45, 7) is 0.833. The molecule has 0 fully saturated rings. The average molecular weight is 292 g/mol. The molecule has 7 nitrogen and oxygen atoms in total. The number of nitrogens with two attached hydrogens (primary N) is 1. The third kappa shape index (κ3) is 4.17. The molecule has 1 atom stereocenters. The van der Waals surface area contributed by atoms with Gasteiger partial charge in [0.2, 0.25) is 5.89 Å². The van der Waals surface area contributed by atoms with Crippen molar-refractivity contribution in [2.75, 3.05) is 20.6 Å². The number of likely N-dealkylation sites (N-methyl/N-ethyl adjacent to an activating group) is 1. The maximum Gasteiger partial charge on any atom is 0.243 e. The Labute approximate surface area is 123 Å². The van der Waals surface area contributed by atoms with E-state index in [2.05, 4.69) is 10.1 Å². The van der Waals surface area contributed by atoms with Crippen LogP contribution in [-0.4, -0.2) is 45.9 Å². The minimum Gasteiger partial charge on any atom is -0.504 e. The zero-order valence-corrected chi connectivity index (χ0v) is 12.2. The third-order valence-corrected chi connectivity index (χ3v) is 3.08. The van der Waals surface area contributed by atoms with Gasteiger partial charge in [-0.3, -0.25) is 0 Å². The van der Waals surface area contributed by atoms with Crippen LogP contribution < -0.4 is 5.73 Å². The van der Waals surface area contributed by atoms with E-state index in [-0.39, 0.29) is 11.5 Å². The first kappa shape index (κ1) is 15.3. The Bertz CT molecular complexity index is 598. The molecule has 114 valence electrons. The molecule has 0 aliphatic rings. The van der Waals surface area contributed by atoms with Crippen molar-refractivity contribution in [3.8, 4) is 11.5 Å². The van der Waals surface area contributed by atoms with E-state index in [1.54, 1.807) is 6.07 Å². The molecular formula is C14H20N4O3. The van der Waals surface area contributed by atoms with Crippen LogP contribution in [0.5, 0.6) is 11.5 Å². The molecule has 2 rings (SSSR count). The van der Waals surface area contributed by atoms with E-state index in [1.165, 1.54) is 12.1 Å². The van der Waals surface area contributed by atoms with Crippen LogP contribution in [0.25, 0.3) is 0 Å². The normalized spacial score (nSPS) is 12.8. The number of hydrogen-bond donors (Lipinski definition) is 3. The Balaban J connectivity index is 1.99. The predicted molar refractivity (Wildman–Crippen MR) is 77.0 cm³/mol. The Morgan fingerprint density at radius 3 is 2.71 bits per heavy atom. The SMILES string of the molecule is CN(C)CCc1noc(C(N)Cc2ccc(O)c(O)c2)n1. The topological polar surface area (TPSA) is 109 Å². The summed E-state index contributed by atoms with van der Waals surface area (Å²) < 4.78 is 5.17. The lowest BCUT2D eigenvalue weighted by Crippen LogP contribution is -2.16. The van der Waals surface area contributed by atoms with Crippen LogP contribution in [0, 0.1) is 0 Å². The van der Waals surface area contributed by atoms with Crippen LogP contribution in [0.4, 0.5) is 0 Å². The molecule has 1 unspecified atom stereocenters. The molecule has 7 heteroatoms. The maximum absolute atomic E-state index is 9.46. The van der Waals surface area contributed by atoms with Gasteiger partial charge in [-0.1, -0.05) is 11.2 Å². The molecule has 0 bridgehead atoms. The van der Waals surface area contributed by atoms with E-state index in [0.29, 0.717) is 24.6 Å². The second-order valence-corrected chi connectivity index (χ2v) is 5.24. The van der Waals surface area contributed by atoms with Gasteiger partial charge in [-0.15, -0.1) is 0 Å². The Morgan fingerprint density at radius 1 is 1.29 bits per heavy atom. The van der Waals surface area contributed by atoms with Gasteiger partial charge in [0, 0.05) is 13.0 Å². The lowest BCUT2D eigenvalue weighted by atomic mass is 10.1. The zero-order valence-electron chi connectivity index (χ0n) is 12.2. The molecule has 0 saturated heterocycles. The smallest absolute Gasteiger partial charge is 0.243 e. The quantitative estimate of drug-likeness (QED) is 0.676. The largest absolute Gasteiger partial charge is 0.504 e. The van der Waals surface area contributed by atoms with E-state index < -0.39 is 6.04 Å². The fourth-order valence-corrected chi connectivity index (χ4v) is 1.88. The molecule has 0 saturated carbocycles. The predicted octanol–water partition coefficient (Wildman–Crippen LogP) is 0.827. The van der Waals surface area contributed by atoms with Crippen LogP contribution in [0.1, 0.15) is 23.3 Å². The molecular weight excluding hydrogens is 272 g/mol. The van der Waals surface area contributed by atoms with Crippen molar-refractivity contribution in [3.63, 3.8) is 0 Å². The molecule has 0 aliphatic heterocycles. The van der Waals surface area contributed by atoms with Gasteiger partial charge in [0.1, 0.15) is 0 Å². The number of phenols is 2. The van der Waals surface area contributed by atoms with Gasteiger partial charge in [-0.05, 0) is 38.2 Å². The van der Waals surface area contributed by atoms with Crippen molar-refractivity contribution >= 4 is 0 Å². The van der Waals surface area contributed by atoms with Crippen LogP contribution in [0.2, 0.25) is 0 Å². The summed E-state index contributed by atoms with van der Waals surface area (Å²) >= 11 is 0. The molecule has 0 radical (unpaired) electrons. The monoisotopic (exact) mass is 292 g/mol. The number of rotatable bonds is 6. The summed E-state index contributed by atoms with van der Waals surface area (Å²) in [4.78, 5) is 6.31. The number of benzene rings is 1. The van der Waals surface area contributed by atoms with Crippen molar-refractivity contribution < 1.29 is 14.7 Å². The molecule has 0 aliphatic carbocycles. The van der Waals surface area contributed by atoms with Crippen molar-refractivity contribution in [1.82, 2.24) is 15.0 Å². The fourth-order valence-electron chi connectivity index (χ4n) is 1.88. The maximum atomic E-state index is 9.46. The molecule has 1 aromatic heterocycles. The number of aromatic nitrogens is 2. The van der Waals surface area contributed by atoms with Crippen molar-refractivity contribution in [3.05, 3.63) is 35.5 Å². The van der Waals surface area contributed by atoms with Crippen LogP contribution >= 0.6 is 0 Å². The van der Waals surface area contributed by atoms with E-state index in [0.717, 1.165) is 12.1 Å². The van der Waals surface area contributed by atoms with E-state index in [4.69, 9.17) is 10.3 Å². The number of nitrogens with zero attached hydrogens (tertiary/aromatic N) is 3. The Morgan fingerprint density at radius 2 is 2.05 bits per heavy atom. The van der Waals surface area contributed by atoms with E-state index in [1.807, 2.05) is 19.0 Å². The number of phenolic OH excluding ortho intramolecular Hbond substituents is 2. The Kier molecular flexibility index (Phi) is 4.77. The second kappa shape index (κ2) is 6.55. The molecule has 0 spiro atoms. The molecule has 4 N–H and O–H groups in total. The summed E-state index contributed by atoms with van der Waals surface area (Å²) in [6, 6.07) is 4.14. The molecule has 1 aromatic carbocycles. The van der Waals surface area contributed by atoms with E-state index >= 15 is 0 Å². The van der Waals surface area contributed by atoms with Crippen molar-refractivity contribution in [1.29, 1.82) is 0 Å². The second-order valence-electron chi connectivity index (χ2n) is 5.24. The van der Waals surface area contributed by atoms with Crippen molar-refractivity contribution in [2.45, 2.75) is 18.9 Å². The highest BCUT2D eigenvalue weighted by atomic mass is 16.5. The fraction of sp³-hybridized carbons (Fsp3) is 0.429. The van der Waals surface area contributed by atoms with Gasteiger partial charge in [0.25, 0.3) is 0 Å². The number of hydrogen-bond acceptors (Lipinski definition) is 7. The lowest BCUT2D eigenvalue weighted by Gasteiger charge is -2.08. The van der Waals surface area contributed by atoms with Gasteiger partial charge in [0.15, 0.2) is 17.3 Å². The summed E-state index contributed by atoms with van der Waals surface area (Å²) in [7, 11) is 3.95. The zero-order chi connectivity index (χ0) is 15.4. The molecule has 21 heavy (non-hydrogen) atoms. The first-order valence-corrected chi connectivity index (χ1v) is 6.69. The first-order chi connectivity index (χ1) is 9.95. The summed E-state index contributed by atoms with van der Waals surface area (Å²) in [5.74, 6) is 0.673. The first-order valence-electron chi connectivity index (χ1n) is 6.69. The van der Waals surface area contributed by atoms with Crippen LogP contribution in [0.3, 0.4) is 0 Å². The van der Waals surface area contributed by atoms with Gasteiger partial charge < -0.3 is 25.4 Å². The van der Waals surface area contributed by atoms with Crippen LogP contribution in [0.15, 0.2) is 22.7 Å². The lowest BCUT2D eigenvalue weighted by molar-refractivity contribution is 0.346. The molecule has 1 heterocycles. The summed E-state index contributed by atoms with van der Waals surface area (Å²) in [6.07, 6.45) is 1.13. The highest BCUT2D eigenvalue weighted by Crippen LogP contribution is 2.26. The highest BCUT2D eigenvalue weighted by molar-refractivity contribution is 5.40. The van der Waals surface area contributed by atoms with Gasteiger partial charge >= 0.3 is 0 Å². The minimum atomic E-state index is -0.449. The standard InChI is InChI=1S/C14H20N4O3/c1-18(2)6-5-13-16-14(21-17-13)10(15)7-9-3-4-11(19)12(20)8-9/h3-4,8,10,19-20H,5-7,15H2,1-2H3. The van der Waals surface area contributed by atoms with Crippen molar-refractivity contribution in [2.24, 2.45) is 5.73 Å². The van der Waals surface area contributed by atoms with Gasteiger partial charge in [-0.2, -0.15) is 4.98 Å². The van der Waals surface area contributed by atoms with E-state index in [9.17, 15) is 10.2 Å². The van der Waals surface area contributed by atoms with Crippen LogP contribution in [-0.2, 0) is 12.8 Å². The molecule has 2 aromatic rings. The van der Waals surface area contributed by atoms with Gasteiger partial charge in [-0.25, -0.2) is 0 Å². The summed E-state index contributed by atoms with van der Waals surface area (Å²) in [5, 5.41) is 22.6. The minimum absolute atomic E-state index is 0.156. The third-order valence-electron chi connectivity index (χ3n) is 3.08. The van der Waals surface area contributed by atoms with Gasteiger partial charge in [0.05, 0.1) is 6.04 Å². The number of aromatic hydroxyl groups is 2. The highest BCUT2D eigenvalue weighted by Gasteiger charge is 2.16. The Hall–Kier alpha value is -2.12. The molecule has 0 amide bonds. The average Bonchev–Trinajstić information content (AvgIpc) is 2.89. The summed E-state index contributed by atoms with van der Waals surface area (Å²) in [5.41, 5.74) is 6.82.